The molecule has 0 fully saturated rings. The first-order chi connectivity index (χ1) is 6.29. The lowest BCUT2D eigenvalue weighted by molar-refractivity contribution is -0.137. The van der Waals surface area contributed by atoms with E-state index in [1.807, 2.05) is 6.07 Å². The molecule has 1 aliphatic heterocycles. The third kappa shape index (κ3) is 1.35. The second-order valence-electron chi connectivity index (χ2n) is 3.04. The number of aromatic nitrogens is 1. The van der Waals surface area contributed by atoms with Gasteiger partial charge in [-0.25, -0.2) is 0 Å². The highest BCUT2D eigenvalue weighted by Crippen LogP contribution is 2.20. The van der Waals surface area contributed by atoms with Gasteiger partial charge in [-0.15, -0.1) is 0 Å². The Morgan fingerprint density at radius 1 is 1.69 bits per heavy atom. The highest BCUT2D eigenvalue weighted by atomic mass is 16.4. The zero-order valence-corrected chi connectivity index (χ0v) is 7.03. The van der Waals surface area contributed by atoms with Crippen molar-refractivity contribution >= 4 is 12.2 Å². The Labute approximate surface area is 75.3 Å². The minimum absolute atomic E-state index is 0.604. The number of fused-ring (bicyclic) bond motifs is 1. The summed E-state index contributed by atoms with van der Waals surface area (Å²) < 4.78 is 0. The topological polar surface area (TPSA) is 65.4 Å². The van der Waals surface area contributed by atoms with E-state index < -0.39 is 11.9 Å². The largest absolute Gasteiger partial charge is 0.480 e. The van der Waals surface area contributed by atoms with E-state index in [4.69, 9.17) is 5.11 Å². The first-order valence-corrected chi connectivity index (χ1v) is 4.18. The Bertz CT molecular complexity index is 354. The van der Waals surface area contributed by atoms with Crippen molar-refractivity contribution in [3.8, 4) is 0 Å². The zero-order chi connectivity index (χ0) is 9.26. The molecule has 2 heterocycles. The summed E-state index contributed by atoms with van der Waals surface area (Å²) in [6.07, 6.45) is 4.10. The number of aromatic amines is 1. The van der Waals surface area contributed by atoms with Crippen molar-refractivity contribution in [3.63, 3.8) is 0 Å². The molecule has 1 unspecified atom stereocenters. The number of hydrogen-bond donors (Lipinski definition) is 2. The molecule has 1 aliphatic rings. The average molecular weight is 178 g/mol. The highest BCUT2D eigenvalue weighted by Gasteiger charge is 2.23. The van der Waals surface area contributed by atoms with E-state index in [1.165, 1.54) is 6.21 Å². The van der Waals surface area contributed by atoms with Crippen LogP contribution in [0.1, 0.15) is 17.2 Å². The fourth-order valence-electron chi connectivity index (χ4n) is 1.55. The fraction of sp³-hybridized carbons (Fsp3) is 0.333. The Morgan fingerprint density at radius 3 is 3.31 bits per heavy atom. The maximum absolute atomic E-state index is 10.9. The summed E-state index contributed by atoms with van der Waals surface area (Å²) in [7, 11) is 0. The molecular weight excluding hydrogens is 168 g/mol. The Hall–Kier alpha value is -1.58. The number of nitrogens with one attached hydrogen (secondary N) is 1. The predicted molar refractivity (Wildman–Crippen MR) is 48.2 cm³/mol. The van der Waals surface area contributed by atoms with Gasteiger partial charge in [-0.3, -0.25) is 9.79 Å². The van der Waals surface area contributed by atoms with E-state index in [-0.39, 0.29) is 0 Å². The summed E-state index contributed by atoms with van der Waals surface area (Å²) in [5.41, 5.74) is 1.83. The average Bonchev–Trinajstić information content (AvgIpc) is 2.44. The minimum Gasteiger partial charge on any atom is -0.480 e. The Morgan fingerprint density at radius 2 is 2.54 bits per heavy atom. The minimum atomic E-state index is -0.852. The number of carbonyl (C=O) groups is 1. The van der Waals surface area contributed by atoms with E-state index in [9.17, 15) is 4.79 Å². The Kier molecular flexibility index (Phi) is 1.88. The van der Waals surface area contributed by atoms with Crippen LogP contribution >= 0.6 is 0 Å². The number of carboxylic acids is 1. The molecule has 0 aliphatic carbocycles. The molecule has 1 atom stereocenters. The molecule has 2 rings (SSSR count). The SMILES string of the molecule is O=C(O)C1C=NCCc2cc[nH]c21. The number of H-pyrrole nitrogens is 1. The number of rotatable bonds is 1. The molecule has 4 heteroatoms. The van der Waals surface area contributed by atoms with Crippen LogP contribution in [0.15, 0.2) is 17.3 Å². The van der Waals surface area contributed by atoms with Gasteiger partial charge in [0.05, 0.1) is 0 Å². The van der Waals surface area contributed by atoms with Crippen LogP contribution in [0.4, 0.5) is 0 Å². The quantitative estimate of drug-likeness (QED) is 0.668. The molecular formula is C9H10N2O2. The van der Waals surface area contributed by atoms with Crippen LogP contribution in [-0.2, 0) is 11.2 Å². The molecule has 0 spiro atoms. The highest BCUT2D eigenvalue weighted by molar-refractivity contribution is 5.95. The lowest BCUT2D eigenvalue weighted by Crippen LogP contribution is -2.13. The van der Waals surface area contributed by atoms with Gasteiger partial charge in [0.2, 0.25) is 0 Å². The van der Waals surface area contributed by atoms with Gasteiger partial charge in [-0.05, 0) is 18.1 Å². The monoisotopic (exact) mass is 178 g/mol. The third-order valence-corrected chi connectivity index (χ3v) is 2.21. The molecule has 0 bridgehead atoms. The van der Waals surface area contributed by atoms with Crippen molar-refractivity contribution in [3.05, 3.63) is 23.5 Å². The molecule has 0 amide bonds. The van der Waals surface area contributed by atoms with E-state index in [1.54, 1.807) is 6.20 Å². The van der Waals surface area contributed by atoms with E-state index in [0.29, 0.717) is 6.54 Å². The molecule has 68 valence electrons. The molecule has 13 heavy (non-hydrogen) atoms. The van der Waals surface area contributed by atoms with Gasteiger partial charge in [0.15, 0.2) is 0 Å². The first kappa shape index (κ1) is 8.04. The van der Waals surface area contributed by atoms with Crippen molar-refractivity contribution in [2.24, 2.45) is 4.99 Å². The molecule has 0 saturated heterocycles. The van der Waals surface area contributed by atoms with Gasteiger partial charge >= 0.3 is 5.97 Å². The molecule has 0 aromatic carbocycles. The van der Waals surface area contributed by atoms with Crippen molar-refractivity contribution in [2.45, 2.75) is 12.3 Å². The normalized spacial score (nSPS) is 20.8. The van der Waals surface area contributed by atoms with Gasteiger partial charge < -0.3 is 10.1 Å². The maximum Gasteiger partial charge on any atom is 0.317 e. The standard InChI is InChI=1S/C9H10N2O2/c12-9(13)7-5-10-3-1-6-2-4-11-8(6)7/h2,4-5,7,11H,1,3H2,(H,12,13). The summed E-state index contributed by atoms with van der Waals surface area (Å²) in [4.78, 5) is 17.8. The third-order valence-electron chi connectivity index (χ3n) is 2.21. The van der Waals surface area contributed by atoms with Gasteiger partial charge in [-0.1, -0.05) is 0 Å². The predicted octanol–water partition coefficient (Wildman–Crippen LogP) is 0.810. The molecule has 0 saturated carbocycles. The second-order valence-corrected chi connectivity index (χ2v) is 3.04. The number of aliphatic imine (C=N–C) groups is 1. The lowest BCUT2D eigenvalue weighted by atomic mass is 10.0. The summed E-state index contributed by atoms with van der Waals surface area (Å²) >= 11 is 0. The number of nitrogens with zero attached hydrogens (tertiary/aromatic N) is 1. The molecule has 0 radical (unpaired) electrons. The Balaban J connectivity index is 2.44. The van der Waals surface area contributed by atoms with Gasteiger partial charge in [0.25, 0.3) is 0 Å². The van der Waals surface area contributed by atoms with Crippen LogP contribution in [-0.4, -0.2) is 28.8 Å². The second kappa shape index (κ2) is 3.05. The lowest BCUT2D eigenvalue weighted by Gasteiger charge is -2.04. The molecule has 1 aromatic rings. The zero-order valence-electron chi connectivity index (χ0n) is 7.03. The van der Waals surface area contributed by atoms with Crippen LogP contribution in [0, 0.1) is 0 Å². The molecule has 4 nitrogen and oxygen atoms in total. The van der Waals surface area contributed by atoms with Crippen molar-refractivity contribution in [2.75, 3.05) is 6.54 Å². The summed E-state index contributed by atoms with van der Waals surface area (Å²) in [5.74, 6) is -1.46. The van der Waals surface area contributed by atoms with E-state index in [2.05, 4.69) is 9.98 Å². The summed E-state index contributed by atoms with van der Waals surface area (Å²) in [6.45, 7) is 0.675. The van der Waals surface area contributed by atoms with Gasteiger partial charge in [0.1, 0.15) is 5.92 Å². The van der Waals surface area contributed by atoms with Gasteiger partial charge in [0, 0.05) is 24.7 Å². The molecule has 2 N–H and O–H groups in total. The van der Waals surface area contributed by atoms with Crippen LogP contribution in [0.25, 0.3) is 0 Å². The van der Waals surface area contributed by atoms with Crippen LogP contribution in [0.5, 0.6) is 0 Å². The van der Waals surface area contributed by atoms with Crippen LogP contribution < -0.4 is 0 Å². The number of aliphatic carboxylic acids is 1. The van der Waals surface area contributed by atoms with E-state index >= 15 is 0 Å². The van der Waals surface area contributed by atoms with Crippen molar-refractivity contribution < 1.29 is 9.90 Å². The first-order valence-electron chi connectivity index (χ1n) is 4.18. The summed E-state index contributed by atoms with van der Waals surface area (Å²) in [6, 6.07) is 1.92. The maximum atomic E-state index is 10.9. The van der Waals surface area contributed by atoms with E-state index in [0.717, 1.165) is 17.7 Å². The van der Waals surface area contributed by atoms with Gasteiger partial charge in [-0.2, -0.15) is 0 Å². The van der Waals surface area contributed by atoms with Crippen LogP contribution in [0.2, 0.25) is 0 Å². The van der Waals surface area contributed by atoms with Crippen molar-refractivity contribution in [1.82, 2.24) is 4.98 Å². The van der Waals surface area contributed by atoms with Crippen molar-refractivity contribution in [1.29, 1.82) is 0 Å². The fourth-order valence-corrected chi connectivity index (χ4v) is 1.55. The smallest absolute Gasteiger partial charge is 0.317 e. The summed E-state index contributed by atoms with van der Waals surface area (Å²) in [5, 5.41) is 8.92. The number of carboxylic acid groups (broad SMARTS) is 1. The van der Waals surface area contributed by atoms with Crippen LogP contribution in [0.3, 0.4) is 0 Å². The number of hydrogen-bond acceptors (Lipinski definition) is 2. The molecule has 1 aromatic heterocycles.